The highest BCUT2D eigenvalue weighted by atomic mass is 16.5. The van der Waals surface area contributed by atoms with Gasteiger partial charge in [0.1, 0.15) is 5.75 Å². The van der Waals surface area contributed by atoms with Gasteiger partial charge in [-0.1, -0.05) is 19.1 Å². The molecule has 0 aromatic heterocycles. The molecule has 106 valence electrons. The normalized spacial score (nSPS) is 10.2. The Morgan fingerprint density at radius 2 is 2.16 bits per heavy atom. The minimum absolute atomic E-state index is 0.157. The van der Waals surface area contributed by atoms with E-state index in [0.29, 0.717) is 19.6 Å². The Morgan fingerprint density at radius 3 is 2.89 bits per heavy atom. The van der Waals surface area contributed by atoms with E-state index >= 15 is 0 Å². The van der Waals surface area contributed by atoms with Crippen molar-refractivity contribution in [1.29, 1.82) is 0 Å². The summed E-state index contributed by atoms with van der Waals surface area (Å²) in [4.78, 5) is 11.1. The van der Waals surface area contributed by atoms with Crippen LogP contribution in [0.3, 0.4) is 0 Å². The lowest BCUT2D eigenvalue weighted by atomic mass is 10.2. The predicted octanol–water partition coefficient (Wildman–Crippen LogP) is 2.52. The number of hydrogen-bond donors (Lipinski definition) is 1. The van der Waals surface area contributed by atoms with E-state index in [0.717, 1.165) is 30.9 Å². The highest BCUT2D eigenvalue weighted by molar-refractivity contribution is 5.69. The summed E-state index contributed by atoms with van der Waals surface area (Å²) < 4.78 is 10.4. The second-order valence-corrected chi connectivity index (χ2v) is 4.23. The van der Waals surface area contributed by atoms with Gasteiger partial charge in [0.25, 0.3) is 0 Å². The van der Waals surface area contributed by atoms with Gasteiger partial charge in [0.2, 0.25) is 0 Å². The molecule has 0 spiro atoms. The number of hydrogen-bond acceptors (Lipinski definition) is 4. The highest BCUT2D eigenvalue weighted by Gasteiger charge is 2.01. The monoisotopic (exact) mass is 265 g/mol. The van der Waals surface area contributed by atoms with Crippen LogP contribution in [0.5, 0.6) is 5.75 Å². The number of ether oxygens (including phenoxy) is 2. The SMILES string of the molecule is CCCOc1cccc(CNCCC(=O)OCC)c1. The molecule has 0 heterocycles. The maximum absolute atomic E-state index is 11.1. The van der Waals surface area contributed by atoms with Crippen LogP contribution in [0.15, 0.2) is 24.3 Å². The van der Waals surface area contributed by atoms with Gasteiger partial charge in [0.15, 0.2) is 0 Å². The van der Waals surface area contributed by atoms with Gasteiger partial charge in [-0.3, -0.25) is 4.79 Å². The molecule has 0 saturated carbocycles. The number of rotatable bonds is 9. The highest BCUT2D eigenvalue weighted by Crippen LogP contribution is 2.13. The van der Waals surface area contributed by atoms with Crippen molar-refractivity contribution in [2.24, 2.45) is 0 Å². The molecule has 0 fully saturated rings. The average molecular weight is 265 g/mol. The summed E-state index contributed by atoms with van der Waals surface area (Å²) >= 11 is 0. The zero-order valence-electron chi connectivity index (χ0n) is 11.8. The standard InChI is InChI=1S/C15H23NO3/c1-3-10-19-14-7-5-6-13(11-14)12-16-9-8-15(17)18-4-2/h5-7,11,16H,3-4,8-10,12H2,1-2H3. The number of carbonyl (C=O) groups is 1. The van der Waals surface area contributed by atoms with Crippen LogP contribution in [0.2, 0.25) is 0 Å². The van der Waals surface area contributed by atoms with Crippen molar-refractivity contribution in [3.8, 4) is 5.75 Å². The van der Waals surface area contributed by atoms with E-state index in [4.69, 9.17) is 9.47 Å². The van der Waals surface area contributed by atoms with Crippen LogP contribution in [0.4, 0.5) is 0 Å². The number of nitrogens with one attached hydrogen (secondary N) is 1. The van der Waals surface area contributed by atoms with E-state index in [1.807, 2.05) is 31.2 Å². The van der Waals surface area contributed by atoms with Crippen molar-refractivity contribution in [3.05, 3.63) is 29.8 Å². The molecule has 0 aliphatic carbocycles. The van der Waals surface area contributed by atoms with Crippen molar-refractivity contribution in [1.82, 2.24) is 5.32 Å². The average Bonchev–Trinajstić information content (AvgIpc) is 2.42. The van der Waals surface area contributed by atoms with E-state index in [2.05, 4.69) is 12.2 Å². The summed E-state index contributed by atoms with van der Waals surface area (Å²) in [5.74, 6) is 0.738. The third kappa shape index (κ3) is 6.82. The Morgan fingerprint density at radius 1 is 1.32 bits per heavy atom. The molecule has 1 N–H and O–H groups in total. The summed E-state index contributed by atoms with van der Waals surface area (Å²) in [6.07, 6.45) is 1.40. The third-order valence-corrected chi connectivity index (χ3v) is 2.51. The summed E-state index contributed by atoms with van der Waals surface area (Å²) in [6.45, 7) is 6.42. The topological polar surface area (TPSA) is 47.6 Å². The molecular formula is C15H23NO3. The molecule has 0 aliphatic heterocycles. The van der Waals surface area contributed by atoms with Crippen LogP contribution in [0.1, 0.15) is 32.3 Å². The summed E-state index contributed by atoms with van der Waals surface area (Å²) in [7, 11) is 0. The molecule has 4 heteroatoms. The first-order chi connectivity index (χ1) is 9.26. The predicted molar refractivity (Wildman–Crippen MR) is 75.2 cm³/mol. The smallest absolute Gasteiger partial charge is 0.307 e. The molecule has 0 unspecified atom stereocenters. The largest absolute Gasteiger partial charge is 0.494 e. The quantitative estimate of drug-likeness (QED) is 0.550. The molecular weight excluding hydrogens is 242 g/mol. The van der Waals surface area contributed by atoms with Crippen LogP contribution >= 0.6 is 0 Å². The maximum atomic E-state index is 11.1. The van der Waals surface area contributed by atoms with Gasteiger partial charge in [0.05, 0.1) is 19.6 Å². The van der Waals surface area contributed by atoms with Gasteiger partial charge in [0, 0.05) is 13.1 Å². The van der Waals surface area contributed by atoms with E-state index in [-0.39, 0.29) is 5.97 Å². The molecule has 0 radical (unpaired) electrons. The van der Waals surface area contributed by atoms with Crippen LogP contribution in [0.25, 0.3) is 0 Å². The Hall–Kier alpha value is -1.55. The summed E-state index contributed by atoms with van der Waals surface area (Å²) in [5, 5.41) is 3.22. The zero-order valence-corrected chi connectivity index (χ0v) is 11.8. The molecule has 0 aliphatic rings. The molecule has 0 atom stereocenters. The van der Waals surface area contributed by atoms with E-state index in [1.54, 1.807) is 0 Å². The molecule has 0 amide bonds. The van der Waals surface area contributed by atoms with Crippen molar-refractivity contribution >= 4 is 5.97 Å². The first-order valence-electron chi connectivity index (χ1n) is 6.84. The van der Waals surface area contributed by atoms with Gasteiger partial charge in [-0.2, -0.15) is 0 Å². The Bertz CT molecular complexity index is 379. The van der Waals surface area contributed by atoms with Crippen LogP contribution in [0, 0.1) is 0 Å². The van der Waals surface area contributed by atoms with Crippen molar-refractivity contribution in [3.63, 3.8) is 0 Å². The second kappa shape index (κ2) is 9.39. The molecule has 4 nitrogen and oxygen atoms in total. The molecule has 0 bridgehead atoms. The molecule has 1 aromatic carbocycles. The van der Waals surface area contributed by atoms with E-state index < -0.39 is 0 Å². The van der Waals surface area contributed by atoms with Crippen LogP contribution in [-0.2, 0) is 16.1 Å². The summed E-state index contributed by atoms with van der Waals surface area (Å²) in [5.41, 5.74) is 1.15. The molecule has 1 rings (SSSR count). The number of esters is 1. The van der Waals surface area contributed by atoms with Crippen LogP contribution < -0.4 is 10.1 Å². The first kappa shape index (κ1) is 15.5. The molecule has 1 aromatic rings. The van der Waals surface area contributed by atoms with Crippen LogP contribution in [-0.4, -0.2) is 25.7 Å². The second-order valence-electron chi connectivity index (χ2n) is 4.23. The van der Waals surface area contributed by atoms with E-state index in [1.165, 1.54) is 0 Å². The lowest BCUT2D eigenvalue weighted by molar-refractivity contribution is -0.142. The fourth-order valence-electron chi connectivity index (χ4n) is 1.62. The zero-order chi connectivity index (χ0) is 13.9. The van der Waals surface area contributed by atoms with Crippen molar-refractivity contribution < 1.29 is 14.3 Å². The minimum Gasteiger partial charge on any atom is -0.494 e. The lowest BCUT2D eigenvalue weighted by Gasteiger charge is -2.08. The first-order valence-corrected chi connectivity index (χ1v) is 6.84. The third-order valence-electron chi connectivity index (χ3n) is 2.51. The lowest BCUT2D eigenvalue weighted by Crippen LogP contribution is -2.19. The maximum Gasteiger partial charge on any atom is 0.307 e. The van der Waals surface area contributed by atoms with Gasteiger partial charge in [-0.25, -0.2) is 0 Å². The van der Waals surface area contributed by atoms with Gasteiger partial charge in [-0.05, 0) is 31.0 Å². The molecule has 0 saturated heterocycles. The Balaban J connectivity index is 2.27. The Kier molecular flexibility index (Phi) is 7.66. The van der Waals surface area contributed by atoms with Gasteiger partial charge in [-0.15, -0.1) is 0 Å². The number of carbonyl (C=O) groups excluding carboxylic acids is 1. The van der Waals surface area contributed by atoms with Crippen molar-refractivity contribution in [2.45, 2.75) is 33.2 Å². The van der Waals surface area contributed by atoms with Gasteiger partial charge >= 0.3 is 5.97 Å². The number of benzene rings is 1. The fraction of sp³-hybridized carbons (Fsp3) is 0.533. The van der Waals surface area contributed by atoms with Gasteiger partial charge < -0.3 is 14.8 Å². The minimum atomic E-state index is -0.157. The van der Waals surface area contributed by atoms with Crippen molar-refractivity contribution in [2.75, 3.05) is 19.8 Å². The fourth-order valence-corrected chi connectivity index (χ4v) is 1.62. The molecule has 19 heavy (non-hydrogen) atoms. The van der Waals surface area contributed by atoms with E-state index in [9.17, 15) is 4.79 Å². The Labute approximate surface area is 115 Å². The summed E-state index contributed by atoms with van der Waals surface area (Å²) in [6, 6.07) is 7.99.